The van der Waals surface area contributed by atoms with Crippen molar-refractivity contribution in [3.05, 3.63) is 35.4 Å². The van der Waals surface area contributed by atoms with E-state index in [0.29, 0.717) is 41.9 Å². The largest absolute Gasteiger partial charge is 0.497 e. The minimum atomic E-state index is -1.38. The molecule has 0 aliphatic rings. The lowest BCUT2D eigenvalue weighted by Gasteiger charge is -2.16. The number of carbonyl (C=O) groups excluding carboxylic acids is 2. The van der Waals surface area contributed by atoms with E-state index in [4.69, 9.17) is 30.5 Å². The lowest BCUT2D eigenvalue weighted by Crippen LogP contribution is -2.32. The van der Waals surface area contributed by atoms with Crippen LogP contribution in [-0.2, 0) is 9.59 Å². The van der Waals surface area contributed by atoms with Gasteiger partial charge in [-0.25, -0.2) is 0 Å². The van der Waals surface area contributed by atoms with Gasteiger partial charge in [-0.2, -0.15) is 10.2 Å². The first-order chi connectivity index (χ1) is 15.3. The Kier molecular flexibility index (Phi) is 9.27. The van der Waals surface area contributed by atoms with Gasteiger partial charge in [-0.05, 0) is 26.8 Å². The van der Waals surface area contributed by atoms with Crippen LogP contribution in [0.5, 0.6) is 23.0 Å². The number of benzene rings is 2. The normalized spacial score (nSPS) is 11.7. The molecule has 1 atom stereocenters. The van der Waals surface area contributed by atoms with E-state index in [2.05, 4.69) is 15.5 Å². The number of amides is 1. The molecule has 2 rings (SSSR count). The van der Waals surface area contributed by atoms with Crippen molar-refractivity contribution in [3.8, 4) is 23.0 Å². The molecule has 0 aliphatic carbocycles. The number of halogens is 1. The summed E-state index contributed by atoms with van der Waals surface area (Å²) in [6.07, 6.45) is 0. The summed E-state index contributed by atoms with van der Waals surface area (Å²) in [4.78, 5) is 25.0. The first-order valence-corrected chi connectivity index (χ1v) is 10.2. The predicted octanol–water partition coefficient (Wildman–Crippen LogP) is 4.83. The number of nitrogens with zero attached hydrogens (tertiary/aromatic N) is 2. The smallest absolute Gasteiger partial charge is 0.258 e. The van der Waals surface area contributed by atoms with Gasteiger partial charge in [-0.1, -0.05) is 11.6 Å². The number of Topliss-reactive ketones (excluding diaryl/α,β-unsaturated/α-hetero) is 1. The van der Waals surface area contributed by atoms with E-state index in [1.807, 2.05) is 6.92 Å². The summed E-state index contributed by atoms with van der Waals surface area (Å²) in [5, 5.41) is 10.9. The molecule has 1 amide bonds. The molecule has 2 aromatic carbocycles. The van der Waals surface area contributed by atoms with Crippen molar-refractivity contribution in [3.63, 3.8) is 0 Å². The van der Waals surface area contributed by atoms with Gasteiger partial charge in [0.2, 0.25) is 6.04 Å². The molecule has 2 aromatic rings. The van der Waals surface area contributed by atoms with Crippen LogP contribution in [-0.4, -0.2) is 45.2 Å². The molecule has 0 saturated heterocycles. The maximum Gasteiger partial charge on any atom is 0.258 e. The first-order valence-electron chi connectivity index (χ1n) is 9.87. The molecule has 0 spiro atoms. The van der Waals surface area contributed by atoms with Gasteiger partial charge in [-0.15, -0.1) is 0 Å². The van der Waals surface area contributed by atoms with Crippen LogP contribution in [0.4, 0.5) is 11.4 Å². The molecule has 1 N–H and O–H groups in total. The van der Waals surface area contributed by atoms with Crippen molar-refractivity contribution in [1.29, 1.82) is 0 Å². The van der Waals surface area contributed by atoms with E-state index < -0.39 is 17.7 Å². The highest BCUT2D eigenvalue weighted by Gasteiger charge is 2.25. The first kappa shape index (κ1) is 24.9. The second kappa shape index (κ2) is 11.9. The molecule has 172 valence electrons. The number of methoxy groups -OCH3 is 2. The van der Waals surface area contributed by atoms with Gasteiger partial charge in [0.15, 0.2) is 5.78 Å². The molecule has 0 heterocycles. The van der Waals surface area contributed by atoms with E-state index >= 15 is 0 Å². The summed E-state index contributed by atoms with van der Waals surface area (Å²) in [6, 6.07) is 6.56. The summed E-state index contributed by atoms with van der Waals surface area (Å²) in [6.45, 7) is 5.65. The number of hydrogen-bond donors (Lipinski definition) is 1. The summed E-state index contributed by atoms with van der Waals surface area (Å²) < 4.78 is 21.4. The Morgan fingerprint density at radius 3 is 2.09 bits per heavy atom. The Balaban J connectivity index is 2.30. The monoisotopic (exact) mass is 463 g/mol. The fourth-order valence-electron chi connectivity index (χ4n) is 2.67. The number of carbonyl (C=O) groups is 2. The topological polar surface area (TPSA) is 108 Å². The van der Waals surface area contributed by atoms with E-state index in [0.717, 1.165) is 0 Å². The van der Waals surface area contributed by atoms with Crippen LogP contribution < -0.4 is 24.3 Å². The van der Waals surface area contributed by atoms with Crippen molar-refractivity contribution in [2.75, 3.05) is 32.8 Å². The fourth-order valence-corrected chi connectivity index (χ4v) is 2.89. The molecule has 0 aromatic heterocycles. The van der Waals surface area contributed by atoms with E-state index in [-0.39, 0.29) is 10.7 Å². The Labute approximate surface area is 191 Å². The zero-order valence-corrected chi connectivity index (χ0v) is 19.4. The molecule has 1 unspecified atom stereocenters. The van der Waals surface area contributed by atoms with Gasteiger partial charge in [-0.3, -0.25) is 9.59 Å². The number of rotatable bonds is 11. The molecule has 0 fully saturated rings. The molecule has 10 heteroatoms. The van der Waals surface area contributed by atoms with Crippen LogP contribution in [0.15, 0.2) is 40.6 Å². The van der Waals surface area contributed by atoms with Crippen molar-refractivity contribution in [2.45, 2.75) is 26.8 Å². The number of nitrogens with one attached hydrogen (secondary N) is 1. The molecule has 0 saturated carbocycles. The lowest BCUT2D eigenvalue weighted by atomic mass is 10.2. The molecule has 0 radical (unpaired) electrons. The number of anilines is 1. The number of azo groups is 1. The number of ether oxygens (including phenoxy) is 4. The SMILES string of the molecule is CCOc1cc(OCC)c(NC(=O)C(N=Nc2cc(OC)cc(OC)c2)C(C)=O)cc1Cl. The van der Waals surface area contributed by atoms with E-state index in [1.165, 1.54) is 27.2 Å². The van der Waals surface area contributed by atoms with Crippen LogP contribution in [0.2, 0.25) is 5.02 Å². The third-order valence-corrected chi connectivity index (χ3v) is 4.45. The van der Waals surface area contributed by atoms with Crippen molar-refractivity contribution in [1.82, 2.24) is 0 Å². The maximum absolute atomic E-state index is 12.8. The zero-order chi connectivity index (χ0) is 23.7. The highest BCUT2D eigenvalue weighted by Crippen LogP contribution is 2.36. The highest BCUT2D eigenvalue weighted by molar-refractivity contribution is 6.32. The summed E-state index contributed by atoms with van der Waals surface area (Å²) in [5.74, 6) is 0.587. The van der Waals surface area contributed by atoms with Crippen LogP contribution in [0.25, 0.3) is 0 Å². The quantitative estimate of drug-likeness (QED) is 0.377. The lowest BCUT2D eigenvalue weighted by molar-refractivity contribution is -0.126. The molecular weight excluding hydrogens is 438 g/mol. The van der Waals surface area contributed by atoms with Gasteiger partial charge in [0.05, 0.1) is 43.8 Å². The van der Waals surface area contributed by atoms with Crippen molar-refractivity contribution < 1.29 is 28.5 Å². The summed E-state index contributed by atoms with van der Waals surface area (Å²) in [7, 11) is 3.00. The third-order valence-electron chi connectivity index (χ3n) is 4.15. The molecule has 9 nitrogen and oxygen atoms in total. The average Bonchev–Trinajstić information content (AvgIpc) is 2.76. The second-order valence-electron chi connectivity index (χ2n) is 6.43. The van der Waals surface area contributed by atoms with Gasteiger partial charge in [0.1, 0.15) is 23.0 Å². The Bertz CT molecular complexity index is 974. The minimum Gasteiger partial charge on any atom is -0.497 e. The fraction of sp³-hybridized carbons (Fsp3) is 0.364. The predicted molar refractivity (Wildman–Crippen MR) is 121 cm³/mol. The Hall–Kier alpha value is -3.33. The van der Waals surface area contributed by atoms with Gasteiger partial charge >= 0.3 is 0 Å². The summed E-state index contributed by atoms with van der Waals surface area (Å²) >= 11 is 6.24. The third kappa shape index (κ3) is 6.58. The average molecular weight is 464 g/mol. The summed E-state index contributed by atoms with van der Waals surface area (Å²) in [5.41, 5.74) is 0.647. The number of hydrogen-bond acceptors (Lipinski definition) is 8. The molecule has 0 bridgehead atoms. The standard InChI is InChI=1S/C22H26ClN3O6/c1-6-31-19-12-20(32-7-2)18(11-17(19)23)24-22(28)21(13(3)27)26-25-14-8-15(29-4)10-16(9-14)30-5/h8-12,21H,6-7H2,1-5H3,(H,24,28). The van der Waals surface area contributed by atoms with Gasteiger partial charge < -0.3 is 24.3 Å². The van der Waals surface area contributed by atoms with E-state index in [9.17, 15) is 9.59 Å². The van der Waals surface area contributed by atoms with Gasteiger partial charge in [0, 0.05) is 24.3 Å². The number of ketones is 1. The van der Waals surface area contributed by atoms with E-state index in [1.54, 1.807) is 31.2 Å². The van der Waals surface area contributed by atoms with Crippen LogP contribution in [0.3, 0.4) is 0 Å². The maximum atomic E-state index is 12.8. The second-order valence-corrected chi connectivity index (χ2v) is 6.84. The Morgan fingerprint density at radius 1 is 0.969 bits per heavy atom. The zero-order valence-electron chi connectivity index (χ0n) is 18.6. The minimum absolute atomic E-state index is 0.287. The molecular formula is C22H26ClN3O6. The van der Waals surface area contributed by atoms with Crippen molar-refractivity contribution in [2.24, 2.45) is 10.2 Å². The van der Waals surface area contributed by atoms with Crippen LogP contribution in [0, 0.1) is 0 Å². The van der Waals surface area contributed by atoms with Crippen molar-refractivity contribution >= 4 is 34.7 Å². The van der Waals surface area contributed by atoms with Crippen LogP contribution in [0.1, 0.15) is 20.8 Å². The van der Waals surface area contributed by atoms with Crippen LogP contribution >= 0.6 is 11.6 Å². The van der Waals surface area contributed by atoms with Gasteiger partial charge in [0.25, 0.3) is 5.91 Å². The molecule has 0 aliphatic heterocycles. The Morgan fingerprint density at radius 2 is 1.56 bits per heavy atom. The molecule has 32 heavy (non-hydrogen) atoms. The highest BCUT2D eigenvalue weighted by atomic mass is 35.5.